The molecule has 0 radical (unpaired) electrons. The first-order valence-corrected chi connectivity index (χ1v) is 9.32. The van der Waals surface area contributed by atoms with E-state index in [2.05, 4.69) is 9.05 Å². The van der Waals surface area contributed by atoms with Gasteiger partial charge in [0.15, 0.2) is 12.6 Å². The fourth-order valence-electron chi connectivity index (χ4n) is 2.55. The molecule has 14 nitrogen and oxygen atoms in total. The van der Waals surface area contributed by atoms with Crippen LogP contribution in [0.2, 0.25) is 0 Å². The fourth-order valence-corrected chi connectivity index (χ4v) is 3.39. The van der Waals surface area contributed by atoms with Crippen molar-refractivity contribution in [2.45, 2.75) is 61.4 Å². The molecule has 2 rings (SSSR count). The molecule has 3 unspecified atom stereocenters. The van der Waals surface area contributed by atoms with Crippen molar-refractivity contribution in [3.63, 3.8) is 0 Å². The Morgan fingerprint density at radius 3 is 1.93 bits per heavy atom. The quantitative estimate of drug-likeness (QED) is 0.182. The van der Waals surface area contributed by atoms with E-state index >= 15 is 0 Å². The summed E-state index contributed by atoms with van der Waals surface area (Å²) < 4.78 is 30.7. The molecule has 0 aromatic carbocycles. The van der Waals surface area contributed by atoms with Gasteiger partial charge < -0.3 is 55.2 Å². The van der Waals surface area contributed by atoms with Gasteiger partial charge in [0, 0.05) is 0 Å². The van der Waals surface area contributed by atoms with E-state index in [1.165, 1.54) is 0 Å². The standard InChI is InChI=1S/C12H23O14P/c13-1-3-5(14)8(17)10(19)12(25-3)26-27(21,22)23-2-4-6(15)7(16)9(18)11(20)24-4/h3-20H,1-2H2,(H,21,22)/t3-,4-,5-,6-,7+,8+,9+,10-,11?,12?/m1/s1. The van der Waals surface area contributed by atoms with Crippen LogP contribution in [0.15, 0.2) is 0 Å². The van der Waals surface area contributed by atoms with E-state index in [4.69, 9.17) is 14.6 Å². The summed E-state index contributed by atoms with van der Waals surface area (Å²) in [5.41, 5.74) is 0. The van der Waals surface area contributed by atoms with E-state index < -0.39 is 82.4 Å². The smallest absolute Gasteiger partial charge is 0.394 e. The highest BCUT2D eigenvalue weighted by atomic mass is 31.2. The molecule has 0 spiro atoms. The summed E-state index contributed by atoms with van der Waals surface area (Å²) in [6.45, 7) is -1.67. The van der Waals surface area contributed by atoms with Gasteiger partial charge in [-0.05, 0) is 0 Å². The van der Waals surface area contributed by atoms with Crippen LogP contribution >= 0.6 is 7.82 Å². The Bertz CT molecular complexity index is 532. The summed E-state index contributed by atoms with van der Waals surface area (Å²) in [5, 5.41) is 76.0. The first kappa shape index (κ1) is 23.0. The minimum Gasteiger partial charge on any atom is -0.394 e. The van der Waals surface area contributed by atoms with Crippen LogP contribution in [0.3, 0.4) is 0 Å². The van der Waals surface area contributed by atoms with E-state index in [-0.39, 0.29) is 0 Å². The second-order valence-electron chi connectivity index (χ2n) is 6.10. The van der Waals surface area contributed by atoms with Gasteiger partial charge >= 0.3 is 7.82 Å². The molecule has 2 fully saturated rings. The topological polar surface area (TPSA) is 236 Å². The summed E-state index contributed by atoms with van der Waals surface area (Å²) in [6, 6.07) is 0. The molecule has 2 saturated heterocycles. The van der Waals surface area contributed by atoms with E-state index in [9.17, 15) is 45.2 Å². The Hall–Kier alpha value is -0.290. The fraction of sp³-hybridized carbons (Fsp3) is 1.00. The number of aliphatic hydroxyl groups is 8. The third-order valence-electron chi connectivity index (χ3n) is 4.17. The second kappa shape index (κ2) is 9.02. The highest BCUT2D eigenvalue weighted by molar-refractivity contribution is 7.47. The van der Waals surface area contributed by atoms with Crippen molar-refractivity contribution in [2.75, 3.05) is 13.2 Å². The Morgan fingerprint density at radius 1 is 0.778 bits per heavy atom. The molecule has 0 aromatic rings. The molecular weight excluding hydrogens is 399 g/mol. The highest BCUT2D eigenvalue weighted by Gasteiger charge is 2.48. The maximum Gasteiger partial charge on any atom is 0.474 e. The van der Waals surface area contributed by atoms with Gasteiger partial charge in [-0.25, -0.2) is 4.57 Å². The largest absolute Gasteiger partial charge is 0.474 e. The maximum absolute atomic E-state index is 12.0. The van der Waals surface area contributed by atoms with E-state index in [0.29, 0.717) is 0 Å². The average Bonchev–Trinajstić information content (AvgIpc) is 2.62. The molecule has 2 aliphatic heterocycles. The van der Waals surface area contributed by atoms with Gasteiger partial charge in [0.25, 0.3) is 0 Å². The number of hydrogen-bond acceptors (Lipinski definition) is 13. The summed E-state index contributed by atoms with van der Waals surface area (Å²) in [7, 11) is -5.01. The summed E-state index contributed by atoms with van der Waals surface area (Å²) >= 11 is 0. The van der Waals surface area contributed by atoms with Gasteiger partial charge in [0.2, 0.25) is 0 Å². The predicted molar refractivity (Wildman–Crippen MR) is 79.5 cm³/mol. The van der Waals surface area contributed by atoms with Crippen molar-refractivity contribution in [1.29, 1.82) is 0 Å². The molecule has 2 heterocycles. The second-order valence-corrected chi connectivity index (χ2v) is 7.51. The Balaban J connectivity index is 1.95. The van der Waals surface area contributed by atoms with Gasteiger partial charge in [-0.2, -0.15) is 0 Å². The number of aliphatic hydroxyl groups excluding tert-OH is 8. The summed E-state index contributed by atoms with van der Waals surface area (Å²) in [6.07, 6.45) is -17.6. The zero-order valence-corrected chi connectivity index (χ0v) is 14.6. The van der Waals surface area contributed by atoms with Crippen LogP contribution in [0, 0.1) is 0 Å². The van der Waals surface area contributed by atoms with Crippen LogP contribution in [-0.4, -0.2) is 120 Å². The molecule has 0 amide bonds. The Labute approximate surface area is 152 Å². The third-order valence-corrected chi connectivity index (χ3v) is 5.12. The van der Waals surface area contributed by atoms with Gasteiger partial charge in [-0.3, -0.25) is 9.05 Å². The molecule has 160 valence electrons. The number of rotatable bonds is 6. The van der Waals surface area contributed by atoms with Crippen molar-refractivity contribution in [1.82, 2.24) is 0 Å². The monoisotopic (exact) mass is 422 g/mol. The van der Waals surface area contributed by atoms with Crippen molar-refractivity contribution >= 4 is 7.82 Å². The summed E-state index contributed by atoms with van der Waals surface area (Å²) in [4.78, 5) is 9.70. The van der Waals surface area contributed by atoms with Crippen LogP contribution in [0.5, 0.6) is 0 Å². The van der Waals surface area contributed by atoms with Gasteiger partial charge in [-0.15, -0.1) is 0 Å². The average molecular weight is 422 g/mol. The molecule has 0 saturated carbocycles. The molecular formula is C12H23O14P. The molecule has 0 aromatic heterocycles. The van der Waals surface area contributed by atoms with Crippen LogP contribution in [0.25, 0.3) is 0 Å². The molecule has 2 aliphatic rings. The summed E-state index contributed by atoms with van der Waals surface area (Å²) in [5.74, 6) is 0. The number of phosphoric acid groups is 1. The lowest BCUT2D eigenvalue weighted by atomic mass is 10.00. The SMILES string of the molecule is O=P(O)(OC[C@H]1OC(O)[C@@H](O)[C@@H](O)[C@@H]1O)OC1O[C@H](CO)[C@@H](O)[C@H](O)[C@H]1O. The van der Waals surface area contributed by atoms with Crippen molar-refractivity contribution < 1.29 is 68.8 Å². The molecule has 9 N–H and O–H groups in total. The van der Waals surface area contributed by atoms with Crippen molar-refractivity contribution in [2.24, 2.45) is 0 Å². The van der Waals surface area contributed by atoms with Crippen LogP contribution in [0.1, 0.15) is 0 Å². The Morgan fingerprint density at radius 2 is 1.33 bits per heavy atom. The lowest BCUT2D eigenvalue weighted by molar-refractivity contribution is -0.289. The highest BCUT2D eigenvalue weighted by Crippen LogP contribution is 2.47. The number of hydrogen-bond donors (Lipinski definition) is 9. The number of phosphoric ester groups is 1. The van der Waals surface area contributed by atoms with Gasteiger partial charge in [0.1, 0.15) is 48.8 Å². The third kappa shape index (κ3) is 5.20. The maximum atomic E-state index is 12.0. The zero-order chi connectivity index (χ0) is 20.5. The van der Waals surface area contributed by atoms with E-state index in [1.54, 1.807) is 0 Å². The first-order chi connectivity index (χ1) is 12.5. The van der Waals surface area contributed by atoms with Crippen molar-refractivity contribution in [3.8, 4) is 0 Å². The molecule has 27 heavy (non-hydrogen) atoms. The molecule has 0 aliphatic carbocycles. The van der Waals surface area contributed by atoms with Crippen LogP contribution < -0.4 is 0 Å². The minimum atomic E-state index is -5.01. The Kier molecular flexibility index (Phi) is 7.68. The van der Waals surface area contributed by atoms with Crippen LogP contribution in [-0.2, 0) is 23.1 Å². The number of ether oxygens (including phenoxy) is 2. The normalized spacial score (nSPS) is 48.2. The zero-order valence-electron chi connectivity index (χ0n) is 13.7. The van der Waals surface area contributed by atoms with Crippen LogP contribution in [0.4, 0.5) is 0 Å². The first-order valence-electron chi connectivity index (χ1n) is 7.82. The molecule has 15 heteroatoms. The lowest BCUT2D eigenvalue weighted by Gasteiger charge is -2.40. The molecule has 11 atom stereocenters. The van der Waals surface area contributed by atoms with E-state index in [1.807, 2.05) is 0 Å². The van der Waals surface area contributed by atoms with Gasteiger partial charge in [0.05, 0.1) is 13.2 Å². The van der Waals surface area contributed by atoms with Crippen molar-refractivity contribution in [3.05, 3.63) is 0 Å². The lowest BCUT2D eigenvalue weighted by Crippen LogP contribution is -2.59. The van der Waals surface area contributed by atoms with E-state index in [0.717, 1.165) is 0 Å². The predicted octanol–water partition coefficient (Wildman–Crippen LogP) is -5.28. The van der Waals surface area contributed by atoms with Gasteiger partial charge in [-0.1, -0.05) is 0 Å². The molecule has 0 bridgehead atoms. The minimum absolute atomic E-state index is 0.790.